The van der Waals surface area contributed by atoms with Crippen molar-refractivity contribution >= 4 is 28.5 Å². The molecule has 2 rings (SSSR count). The Morgan fingerprint density at radius 2 is 2.00 bits per heavy atom. The van der Waals surface area contributed by atoms with Gasteiger partial charge in [0.15, 0.2) is 0 Å². The number of hydrogen-bond acceptors (Lipinski definition) is 7. The third-order valence-electron chi connectivity index (χ3n) is 3.42. The van der Waals surface area contributed by atoms with E-state index in [4.69, 9.17) is 0 Å². The summed E-state index contributed by atoms with van der Waals surface area (Å²) in [5.74, 6) is -0.589. The average Bonchev–Trinajstić information content (AvgIpc) is 2.54. The van der Waals surface area contributed by atoms with Crippen molar-refractivity contribution in [1.29, 1.82) is 0 Å². The molecule has 0 aliphatic carbocycles. The van der Waals surface area contributed by atoms with E-state index in [1.54, 1.807) is 4.90 Å². The van der Waals surface area contributed by atoms with Crippen molar-refractivity contribution in [3.8, 4) is 0 Å². The number of anilines is 1. The highest BCUT2D eigenvalue weighted by Crippen LogP contribution is 2.30. The Kier molecular flexibility index (Phi) is 5.60. The van der Waals surface area contributed by atoms with Gasteiger partial charge in [0.25, 0.3) is 11.6 Å². The summed E-state index contributed by atoms with van der Waals surface area (Å²) in [5, 5.41) is 11.3. The predicted octanol–water partition coefficient (Wildman–Crippen LogP) is -0.198. The lowest BCUT2D eigenvalue weighted by molar-refractivity contribution is -0.384. The highest BCUT2D eigenvalue weighted by molar-refractivity contribution is 7.76. The number of carbonyl (C=O) groups excluding carboxylic acids is 1. The molecule has 1 aliphatic heterocycles. The van der Waals surface area contributed by atoms with Crippen LogP contribution in [0, 0.1) is 10.1 Å². The first-order chi connectivity index (χ1) is 10.9. The number of nitrogens with one attached hydrogen (secondary N) is 1. The maximum absolute atomic E-state index is 11.7. The van der Waals surface area contributed by atoms with E-state index >= 15 is 0 Å². The number of nitro benzene ring substituents is 1. The lowest BCUT2D eigenvalue weighted by atomic mass is 10.1. The predicted molar refractivity (Wildman–Crippen MR) is 80.3 cm³/mol. The molecule has 0 aromatic heterocycles. The van der Waals surface area contributed by atoms with E-state index in [2.05, 4.69) is 10.3 Å². The van der Waals surface area contributed by atoms with Gasteiger partial charge in [0.2, 0.25) is 0 Å². The second kappa shape index (κ2) is 7.46. The van der Waals surface area contributed by atoms with Crippen LogP contribution in [0.2, 0.25) is 0 Å². The van der Waals surface area contributed by atoms with E-state index in [0.29, 0.717) is 18.8 Å². The van der Waals surface area contributed by atoms with E-state index in [0.717, 1.165) is 0 Å². The van der Waals surface area contributed by atoms with E-state index < -0.39 is 22.1 Å². The second-order valence-corrected chi connectivity index (χ2v) is 5.68. The van der Waals surface area contributed by atoms with Crippen molar-refractivity contribution in [2.75, 3.05) is 38.2 Å². The maximum atomic E-state index is 11.7. The molecular formula is C12H15N4O6S-. The van der Waals surface area contributed by atoms with Gasteiger partial charge in [-0.1, -0.05) is 0 Å². The van der Waals surface area contributed by atoms with Crippen molar-refractivity contribution in [1.82, 2.24) is 9.79 Å². The molecule has 1 heterocycles. The Morgan fingerprint density at radius 3 is 2.52 bits per heavy atom. The monoisotopic (exact) mass is 343 g/mol. The standard InChI is InChI=1S/C12H16N4O6S/c1-22-13-12(17)9-2-3-10(11(8-9)16(18)19)14-4-6-15(7-5-14)23(20)21/h2-3,8H,4-7H2,1H3,(H,13,17)(H,20,21)/p-1. The van der Waals surface area contributed by atoms with Gasteiger partial charge in [-0.05, 0) is 12.1 Å². The number of benzene rings is 1. The Hall–Kier alpha value is -2.08. The van der Waals surface area contributed by atoms with Gasteiger partial charge in [-0.2, -0.15) is 0 Å². The van der Waals surface area contributed by atoms with Crippen LogP contribution in [0.4, 0.5) is 11.4 Å². The van der Waals surface area contributed by atoms with Crippen LogP contribution in [-0.2, 0) is 16.1 Å². The third kappa shape index (κ3) is 4.01. The van der Waals surface area contributed by atoms with Crippen LogP contribution in [0.1, 0.15) is 10.4 Å². The number of nitro groups is 1. The summed E-state index contributed by atoms with van der Waals surface area (Å²) >= 11 is -2.29. The van der Waals surface area contributed by atoms with Crippen LogP contribution in [0.3, 0.4) is 0 Å². The molecule has 11 heteroatoms. The first-order valence-corrected chi connectivity index (χ1v) is 7.68. The van der Waals surface area contributed by atoms with Crippen LogP contribution in [-0.4, -0.2) is 57.2 Å². The summed E-state index contributed by atoms with van der Waals surface area (Å²) in [7, 11) is 1.26. The Morgan fingerprint density at radius 1 is 1.35 bits per heavy atom. The zero-order chi connectivity index (χ0) is 17.0. The molecule has 1 amide bonds. The molecule has 126 valence electrons. The highest BCUT2D eigenvalue weighted by Gasteiger charge is 2.25. The second-order valence-electron chi connectivity index (χ2n) is 4.73. The van der Waals surface area contributed by atoms with Crippen molar-refractivity contribution < 1.29 is 23.3 Å². The Bertz CT molecular complexity index is 632. The normalized spacial score (nSPS) is 16.9. The van der Waals surface area contributed by atoms with E-state index in [1.807, 2.05) is 0 Å². The van der Waals surface area contributed by atoms with Crippen molar-refractivity contribution in [3.05, 3.63) is 33.9 Å². The summed E-state index contributed by atoms with van der Waals surface area (Å²) in [5.41, 5.74) is 2.32. The molecule has 10 nitrogen and oxygen atoms in total. The quantitative estimate of drug-likeness (QED) is 0.445. The highest BCUT2D eigenvalue weighted by atomic mass is 32.2. The smallest absolute Gasteiger partial charge is 0.293 e. The van der Waals surface area contributed by atoms with Gasteiger partial charge in [0.05, 0.1) is 12.0 Å². The van der Waals surface area contributed by atoms with Crippen LogP contribution in [0.5, 0.6) is 0 Å². The minimum absolute atomic E-state index is 0.0987. The number of rotatable bonds is 5. The first kappa shape index (κ1) is 17.3. The van der Waals surface area contributed by atoms with Gasteiger partial charge in [-0.25, -0.2) is 9.79 Å². The number of hydroxylamine groups is 1. The van der Waals surface area contributed by atoms with Crippen molar-refractivity contribution in [3.63, 3.8) is 0 Å². The molecule has 1 fully saturated rings. The van der Waals surface area contributed by atoms with Gasteiger partial charge in [0.1, 0.15) is 5.69 Å². The molecular weight excluding hydrogens is 328 g/mol. The molecule has 1 atom stereocenters. The average molecular weight is 343 g/mol. The third-order valence-corrected chi connectivity index (χ3v) is 4.21. The SMILES string of the molecule is CONC(=O)c1ccc(N2CCN(S(=O)[O-])CC2)c([N+](=O)[O-])c1. The lowest BCUT2D eigenvalue weighted by Gasteiger charge is -2.36. The molecule has 23 heavy (non-hydrogen) atoms. The van der Waals surface area contributed by atoms with Crippen molar-refractivity contribution in [2.45, 2.75) is 0 Å². The van der Waals surface area contributed by atoms with Crippen LogP contribution >= 0.6 is 0 Å². The molecule has 0 spiro atoms. The molecule has 0 saturated carbocycles. The van der Waals surface area contributed by atoms with Gasteiger partial charge in [-0.3, -0.25) is 24.0 Å². The van der Waals surface area contributed by atoms with E-state index in [9.17, 15) is 23.7 Å². The van der Waals surface area contributed by atoms with Crippen LogP contribution < -0.4 is 10.4 Å². The number of hydrogen-bond donors (Lipinski definition) is 1. The minimum atomic E-state index is -2.29. The molecule has 0 radical (unpaired) electrons. The maximum Gasteiger partial charge on any atom is 0.293 e. The van der Waals surface area contributed by atoms with Gasteiger partial charge >= 0.3 is 0 Å². The van der Waals surface area contributed by atoms with E-state index in [1.165, 1.54) is 29.6 Å². The van der Waals surface area contributed by atoms with Crippen molar-refractivity contribution in [2.24, 2.45) is 0 Å². The number of amides is 1. The minimum Gasteiger partial charge on any atom is -0.760 e. The summed E-state index contributed by atoms with van der Waals surface area (Å²) < 4.78 is 23.0. The fourth-order valence-electron chi connectivity index (χ4n) is 2.31. The Labute approximate surface area is 134 Å². The zero-order valence-electron chi connectivity index (χ0n) is 12.3. The largest absolute Gasteiger partial charge is 0.760 e. The molecule has 0 bridgehead atoms. The fraction of sp³-hybridized carbons (Fsp3) is 0.417. The summed E-state index contributed by atoms with van der Waals surface area (Å²) in [6.07, 6.45) is 0. The fourth-order valence-corrected chi connectivity index (χ4v) is 2.77. The molecule has 1 saturated heterocycles. The van der Waals surface area contributed by atoms with Gasteiger partial charge < -0.3 is 9.45 Å². The number of piperazine rings is 1. The molecule has 1 aromatic rings. The van der Waals surface area contributed by atoms with Crippen LogP contribution in [0.15, 0.2) is 18.2 Å². The lowest BCUT2D eigenvalue weighted by Crippen LogP contribution is -2.47. The molecule has 1 aliphatic rings. The van der Waals surface area contributed by atoms with Gasteiger partial charge in [0, 0.05) is 49.1 Å². The first-order valence-electron chi connectivity index (χ1n) is 6.65. The summed E-state index contributed by atoms with van der Waals surface area (Å²) in [4.78, 5) is 28.6. The molecule has 1 N–H and O–H groups in total. The number of nitrogens with zero attached hydrogens (tertiary/aromatic N) is 3. The van der Waals surface area contributed by atoms with E-state index in [-0.39, 0.29) is 24.3 Å². The zero-order valence-corrected chi connectivity index (χ0v) is 13.1. The molecule has 1 unspecified atom stereocenters. The Balaban J connectivity index is 2.24. The van der Waals surface area contributed by atoms with Gasteiger partial charge in [-0.15, -0.1) is 0 Å². The number of carbonyl (C=O) groups is 1. The molecule has 1 aromatic carbocycles. The topological polar surface area (TPSA) is 128 Å². The summed E-state index contributed by atoms with van der Waals surface area (Å²) in [6.45, 7) is 1.16. The van der Waals surface area contributed by atoms with Crippen LogP contribution in [0.25, 0.3) is 0 Å². The summed E-state index contributed by atoms with van der Waals surface area (Å²) in [6, 6.07) is 4.10.